The van der Waals surface area contributed by atoms with Crippen molar-refractivity contribution in [1.82, 2.24) is 15.1 Å². The highest BCUT2D eigenvalue weighted by atomic mass is 16.5. The first-order valence-corrected chi connectivity index (χ1v) is 11.9. The number of carbonyl (C=O) groups is 1. The van der Waals surface area contributed by atoms with E-state index in [9.17, 15) is 10.1 Å². The largest absolute Gasteiger partial charge is 0.455 e. The molecule has 7 heteroatoms. The van der Waals surface area contributed by atoms with Crippen LogP contribution in [0.5, 0.6) is 11.5 Å². The number of rotatable bonds is 4. The molecule has 3 aromatic rings. The number of nitrogens with zero attached hydrogens (tertiary/aromatic N) is 4. The summed E-state index contributed by atoms with van der Waals surface area (Å²) in [6.07, 6.45) is 7.72. The molecule has 1 unspecified atom stereocenters. The number of anilines is 1. The Kier molecular flexibility index (Phi) is 6.08. The lowest BCUT2D eigenvalue weighted by Gasteiger charge is -2.36. The predicted octanol–water partition coefficient (Wildman–Crippen LogP) is 4.83. The normalized spacial score (nSPS) is 18.3. The van der Waals surface area contributed by atoms with E-state index < -0.39 is 0 Å². The van der Waals surface area contributed by atoms with Gasteiger partial charge in [0.05, 0.1) is 23.5 Å². The summed E-state index contributed by atoms with van der Waals surface area (Å²) in [6.45, 7) is 5.68. The Hall–Kier alpha value is -3.63. The second-order valence-corrected chi connectivity index (χ2v) is 9.12. The smallest absolute Gasteiger partial charge is 0.224 e. The van der Waals surface area contributed by atoms with Crippen LogP contribution >= 0.6 is 0 Å². The molecule has 1 atom stereocenters. The van der Waals surface area contributed by atoms with E-state index in [4.69, 9.17) is 4.74 Å². The minimum atomic E-state index is 0.0169. The number of para-hydroxylation sites is 1. The van der Waals surface area contributed by atoms with Gasteiger partial charge in [0.1, 0.15) is 17.6 Å². The summed E-state index contributed by atoms with van der Waals surface area (Å²) in [5.41, 5.74) is 4.24. The fourth-order valence-corrected chi connectivity index (χ4v) is 5.13. The average molecular weight is 456 g/mol. The molecular formula is C27H29N5O2. The molecule has 1 saturated heterocycles. The molecule has 0 saturated carbocycles. The molecule has 2 aromatic carbocycles. The predicted molar refractivity (Wildman–Crippen MR) is 131 cm³/mol. The van der Waals surface area contributed by atoms with Crippen LogP contribution in [-0.2, 0) is 11.2 Å². The van der Waals surface area contributed by atoms with E-state index in [-0.39, 0.29) is 11.9 Å². The molecule has 0 spiro atoms. The number of fused-ring (bicyclic) bond motifs is 1. The molecule has 5 rings (SSSR count). The van der Waals surface area contributed by atoms with Crippen LogP contribution in [0.25, 0.3) is 11.1 Å². The minimum absolute atomic E-state index is 0.0169. The van der Waals surface area contributed by atoms with Crippen LogP contribution in [-0.4, -0.2) is 34.8 Å². The van der Waals surface area contributed by atoms with Crippen molar-refractivity contribution in [2.24, 2.45) is 0 Å². The van der Waals surface area contributed by atoms with Gasteiger partial charge in [-0.2, -0.15) is 10.4 Å². The van der Waals surface area contributed by atoms with E-state index in [2.05, 4.69) is 34.3 Å². The van der Waals surface area contributed by atoms with Crippen LogP contribution in [0.4, 0.5) is 5.69 Å². The zero-order valence-corrected chi connectivity index (χ0v) is 19.6. The highest BCUT2D eigenvalue weighted by molar-refractivity contribution is 5.95. The molecule has 1 aromatic heterocycles. The Morgan fingerprint density at radius 2 is 1.97 bits per heavy atom. The first-order valence-electron chi connectivity index (χ1n) is 11.9. The van der Waals surface area contributed by atoms with Crippen molar-refractivity contribution < 1.29 is 9.53 Å². The van der Waals surface area contributed by atoms with Crippen molar-refractivity contribution in [1.29, 1.82) is 5.26 Å². The minimum Gasteiger partial charge on any atom is -0.455 e. The first-order chi connectivity index (χ1) is 16.6. The van der Waals surface area contributed by atoms with E-state index in [0.717, 1.165) is 61.2 Å². The van der Waals surface area contributed by atoms with Gasteiger partial charge in [-0.25, -0.2) is 0 Å². The zero-order chi connectivity index (χ0) is 23.7. The molecule has 3 heterocycles. The number of hydrogen-bond donors (Lipinski definition) is 1. The van der Waals surface area contributed by atoms with Crippen LogP contribution in [0.3, 0.4) is 0 Å². The van der Waals surface area contributed by atoms with E-state index in [0.29, 0.717) is 23.1 Å². The fourth-order valence-electron chi connectivity index (χ4n) is 5.13. The van der Waals surface area contributed by atoms with Crippen molar-refractivity contribution in [3.63, 3.8) is 0 Å². The molecule has 0 bridgehead atoms. The maximum Gasteiger partial charge on any atom is 0.224 e. The molecule has 174 valence electrons. The van der Waals surface area contributed by atoms with E-state index in [1.54, 1.807) is 13.0 Å². The monoisotopic (exact) mass is 455 g/mol. The van der Waals surface area contributed by atoms with Crippen LogP contribution in [0.2, 0.25) is 0 Å². The molecule has 1 amide bonds. The zero-order valence-electron chi connectivity index (χ0n) is 19.6. The first kappa shape index (κ1) is 22.2. The third kappa shape index (κ3) is 4.06. The summed E-state index contributed by atoms with van der Waals surface area (Å²) >= 11 is 0. The van der Waals surface area contributed by atoms with Crippen LogP contribution in [0, 0.1) is 11.3 Å². The van der Waals surface area contributed by atoms with Gasteiger partial charge >= 0.3 is 0 Å². The number of nitriles is 1. The average Bonchev–Trinajstić information content (AvgIpc) is 3.35. The quantitative estimate of drug-likeness (QED) is 0.609. The second-order valence-electron chi connectivity index (χ2n) is 9.12. The molecule has 2 aliphatic rings. The lowest BCUT2D eigenvalue weighted by Crippen LogP contribution is -2.40. The van der Waals surface area contributed by atoms with E-state index in [1.165, 1.54) is 0 Å². The molecular weight excluding hydrogens is 426 g/mol. The highest BCUT2D eigenvalue weighted by Crippen LogP contribution is 2.45. The van der Waals surface area contributed by atoms with Crippen LogP contribution in [0.1, 0.15) is 50.3 Å². The molecule has 1 N–H and O–H groups in total. The number of piperidine rings is 1. The summed E-state index contributed by atoms with van der Waals surface area (Å²) in [6, 6.07) is 14.0. The number of aromatic nitrogens is 2. The van der Waals surface area contributed by atoms with Gasteiger partial charge in [0.15, 0.2) is 0 Å². The highest BCUT2D eigenvalue weighted by Gasteiger charge is 2.30. The number of benzene rings is 2. The summed E-state index contributed by atoms with van der Waals surface area (Å²) in [7, 11) is 0. The van der Waals surface area contributed by atoms with Crippen molar-refractivity contribution in [2.75, 3.05) is 18.0 Å². The van der Waals surface area contributed by atoms with Crippen LogP contribution in [0.15, 0.2) is 48.8 Å². The van der Waals surface area contributed by atoms with Gasteiger partial charge in [-0.15, -0.1) is 0 Å². The Morgan fingerprint density at radius 3 is 2.74 bits per heavy atom. The molecule has 2 aliphatic heterocycles. The number of amides is 1. The summed E-state index contributed by atoms with van der Waals surface area (Å²) in [5, 5.41) is 17.7. The van der Waals surface area contributed by atoms with Gasteiger partial charge in [-0.3, -0.25) is 9.48 Å². The molecule has 0 aliphatic carbocycles. The van der Waals surface area contributed by atoms with Gasteiger partial charge in [-0.1, -0.05) is 12.1 Å². The Morgan fingerprint density at radius 1 is 1.18 bits per heavy atom. The fraction of sp³-hybridized carbons (Fsp3) is 0.370. The maximum atomic E-state index is 12.5. The van der Waals surface area contributed by atoms with Gasteiger partial charge in [-0.05, 0) is 70.0 Å². The Labute approximate surface area is 199 Å². The maximum absolute atomic E-state index is 12.5. The summed E-state index contributed by atoms with van der Waals surface area (Å²) in [4.78, 5) is 14.4. The number of ether oxygens (including phenoxy) is 1. The Bertz CT molecular complexity index is 1250. The van der Waals surface area contributed by atoms with Crippen molar-refractivity contribution >= 4 is 11.6 Å². The summed E-state index contributed by atoms with van der Waals surface area (Å²) in [5.74, 6) is 1.23. The van der Waals surface area contributed by atoms with E-state index >= 15 is 0 Å². The SMILES string of the molecule is CC(=O)N1c2ccc(-c3cnn(C4CCNCC4)c3)c(Oc3ccccc3C#N)c2CCC1C. The Balaban J connectivity index is 1.63. The van der Waals surface area contributed by atoms with Crippen LogP contribution < -0.4 is 15.0 Å². The van der Waals surface area contributed by atoms with Gasteiger partial charge in [0.2, 0.25) is 5.91 Å². The van der Waals surface area contributed by atoms with Gasteiger partial charge in [0.25, 0.3) is 0 Å². The van der Waals surface area contributed by atoms with E-state index in [1.807, 2.05) is 41.4 Å². The number of hydrogen-bond acceptors (Lipinski definition) is 5. The topological polar surface area (TPSA) is 83.2 Å². The summed E-state index contributed by atoms with van der Waals surface area (Å²) < 4.78 is 8.56. The van der Waals surface area contributed by atoms with Crippen molar-refractivity contribution in [3.05, 3.63) is 59.9 Å². The third-order valence-electron chi connectivity index (χ3n) is 6.90. The van der Waals surface area contributed by atoms with Crippen molar-refractivity contribution in [2.45, 2.75) is 51.6 Å². The molecule has 7 nitrogen and oxygen atoms in total. The number of nitrogens with one attached hydrogen (secondary N) is 1. The molecule has 34 heavy (non-hydrogen) atoms. The van der Waals surface area contributed by atoms with Crippen molar-refractivity contribution in [3.8, 4) is 28.7 Å². The number of carbonyl (C=O) groups excluding carboxylic acids is 1. The van der Waals surface area contributed by atoms with Gasteiger partial charge in [0, 0.05) is 35.9 Å². The lowest BCUT2D eigenvalue weighted by atomic mass is 9.92. The molecule has 1 fully saturated rings. The lowest BCUT2D eigenvalue weighted by molar-refractivity contribution is -0.117. The third-order valence-corrected chi connectivity index (χ3v) is 6.90. The standard InChI is InChI=1S/C27H29N5O2/c1-18-7-8-24-25(32(18)19(2)33)10-9-23(27(24)34-26-6-4-3-5-20(26)15-28)21-16-30-31(17-21)22-11-13-29-14-12-22/h3-6,9-10,16-18,22,29H,7-8,11-14H2,1-2H3. The second kappa shape index (κ2) is 9.32. The van der Waals surface area contributed by atoms with Gasteiger partial charge < -0.3 is 15.0 Å². The molecule has 0 radical (unpaired) electrons.